The lowest BCUT2D eigenvalue weighted by atomic mass is 10.1. The average Bonchev–Trinajstić information content (AvgIpc) is 3.05. The molecule has 0 aliphatic heterocycles. The Bertz CT molecular complexity index is 1320. The van der Waals surface area contributed by atoms with Crippen LogP contribution in [-0.4, -0.2) is 31.3 Å². The third-order valence-electron chi connectivity index (χ3n) is 4.41. The van der Waals surface area contributed by atoms with Crippen LogP contribution in [0, 0.1) is 11.6 Å². The quantitative estimate of drug-likeness (QED) is 0.433. The normalized spacial score (nSPS) is 10.8. The Labute approximate surface area is 173 Å². The number of nitrogens with two attached hydrogens (primary N) is 1. The number of nitrogen functional groups attached to an aromatic ring is 1. The number of amides is 2. The van der Waals surface area contributed by atoms with E-state index in [0.29, 0.717) is 17.1 Å². The summed E-state index contributed by atoms with van der Waals surface area (Å²) in [4.78, 5) is 37.3. The molecule has 0 aliphatic rings. The average molecular weight is 423 g/mol. The topological polar surface area (TPSA) is 128 Å². The number of halogens is 2. The summed E-state index contributed by atoms with van der Waals surface area (Å²) in [5, 5.41) is 5.19. The fraction of sp³-hybridized carbons (Fsp3) is 0.0500. The van der Waals surface area contributed by atoms with Crippen molar-refractivity contribution in [3.63, 3.8) is 0 Å². The molecule has 4 N–H and O–H groups in total. The standard InChI is InChI=1S/C20H15F2N7O2/c1-29-8-15(16-18(23)25-9-26-19(16)29)17(30)10-2-14(7-24-6-10)28-20(31)27-13-4-11(21)3-12(22)5-13/h2-9H,1H3,(H2,23,25,26)(H2,27,28,31). The van der Waals surface area contributed by atoms with Crippen LogP contribution < -0.4 is 16.4 Å². The van der Waals surface area contributed by atoms with Crippen molar-refractivity contribution in [3.05, 3.63) is 71.9 Å². The zero-order valence-electron chi connectivity index (χ0n) is 16.1. The molecule has 3 aromatic heterocycles. The Morgan fingerprint density at radius 3 is 2.45 bits per heavy atom. The van der Waals surface area contributed by atoms with E-state index in [2.05, 4.69) is 25.6 Å². The van der Waals surface area contributed by atoms with E-state index >= 15 is 0 Å². The van der Waals surface area contributed by atoms with Crippen molar-refractivity contribution in [2.75, 3.05) is 16.4 Å². The number of aryl methyl sites for hydroxylation is 1. The number of hydrogen-bond donors (Lipinski definition) is 3. The Balaban J connectivity index is 1.57. The first kappa shape index (κ1) is 19.9. The lowest BCUT2D eigenvalue weighted by Crippen LogP contribution is -2.20. The number of urea groups is 1. The van der Waals surface area contributed by atoms with Crippen molar-refractivity contribution < 1.29 is 18.4 Å². The van der Waals surface area contributed by atoms with Gasteiger partial charge in [0.1, 0.15) is 29.4 Å². The first-order valence-corrected chi connectivity index (χ1v) is 8.91. The van der Waals surface area contributed by atoms with Gasteiger partial charge in [0.15, 0.2) is 5.78 Å². The van der Waals surface area contributed by atoms with Crippen molar-refractivity contribution in [1.29, 1.82) is 0 Å². The highest BCUT2D eigenvalue weighted by molar-refractivity contribution is 6.18. The number of benzene rings is 1. The van der Waals surface area contributed by atoms with E-state index in [1.54, 1.807) is 17.8 Å². The van der Waals surface area contributed by atoms with E-state index in [0.717, 1.165) is 12.1 Å². The van der Waals surface area contributed by atoms with Gasteiger partial charge in [-0.15, -0.1) is 0 Å². The fourth-order valence-electron chi connectivity index (χ4n) is 3.11. The second-order valence-electron chi connectivity index (χ2n) is 6.64. The molecule has 0 saturated carbocycles. The predicted molar refractivity (Wildman–Crippen MR) is 110 cm³/mol. The molecule has 2 amide bonds. The lowest BCUT2D eigenvalue weighted by molar-refractivity contribution is 0.103. The molecular weight excluding hydrogens is 408 g/mol. The molecule has 4 aromatic rings. The molecule has 0 atom stereocenters. The smallest absolute Gasteiger partial charge is 0.323 e. The Morgan fingerprint density at radius 1 is 1.00 bits per heavy atom. The minimum atomic E-state index is -0.831. The van der Waals surface area contributed by atoms with Gasteiger partial charge >= 0.3 is 6.03 Å². The molecule has 0 radical (unpaired) electrons. The number of anilines is 3. The number of rotatable bonds is 4. The minimum Gasteiger partial charge on any atom is -0.383 e. The van der Waals surface area contributed by atoms with Gasteiger partial charge in [0.05, 0.1) is 22.8 Å². The number of ketones is 1. The predicted octanol–water partition coefficient (Wildman–Crippen LogP) is 3.10. The van der Waals surface area contributed by atoms with Crippen molar-refractivity contribution in [3.8, 4) is 0 Å². The first-order valence-electron chi connectivity index (χ1n) is 8.91. The highest BCUT2D eigenvalue weighted by atomic mass is 19.1. The molecule has 4 rings (SSSR count). The third-order valence-corrected chi connectivity index (χ3v) is 4.41. The number of nitrogens with zero attached hydrogens (tertiary/aromatic N) is 4. The number of fused-ring (bicyclic) bond motifs is 1. The van der Waals surface area contributed by atoms with Gasteiger partial charge in [-0.3, -0.25) is 9.78 Å². The van der Waals surface area contributed by atoms with E-state index in [4.69, 9.17) is 5.73 Å². The van der Waals surface area contributed by atoms with Gasteiger partial charge < -0.3 is 20.9 Å². The van der Waals surface area contributed by atoms with Crippen molar-refractivity contribution >= 4 is 40.0 Å². The SMILES string of the molecule is Cn1cc(C(=O)c2cncc(NC(=O)Nc3cc(F)cc(F)c3)c2)c2c(N)ncnc21. The van der Waals surface area contributed by atoms with Gasteiger partial charge in [-0.1, -0.05) is 0 Å². The Hall–Kier alpha value is -4.41. The molecule has 1 aromatic carbocycles. The Morgan fingerprint density at radius 2 is 1.71 bits per heavy atom. The van der Waals surface area contributed by atoms with Crippen molar-refractivity contribution in [2.24, 2.45) is 7.05 Å². The summed E-state index contributed by atoms with van der Waals surface area (Å²) in [6.07, 6.45) is 5.56. The third kappa shape index (κ3) is 4.01. The van der Waals surface area contributed by atoms with Crippen LogP contribution in [0.1, 0.15) is 15.9 Å². The number of pyridine rings is 1. The van der Waals surface area contributed by atoms with Gasteiger partial charge in [-0.05, 0) is 18.2 Å². The largest absolute Gasteiger partial charge is 0.383 e. The summed E-state index contributed by atoms with van der Waals surface area (Å²) in [5.74, 6) is -1.89. The first-order chi connectivity index (χ1) is 14.8. The number of aromatic nitrogens is 4. The number of carbonyl (C=O) groups excluding carboxylic acids is 2. The van der Waals surface area contributed by atoms with E-state index in [1.165, 1.54) is 24.8 Å². The maximum Gasteiger partial charge on any atom is 0.323 e. The summed E-state index contributed by atoms with van der Waals surface area (Å²) in [6, 6.07) is 3.27. The summed E-state index contributed by atoms with van der Waals surface area (Å²) in [6.45, 7) is 0. The molecule has 31 heavy (non-hydrogen) atoms. The molecule has 9 nitrogen and oxygen atoms in total. The molecular formula is C20H15F2N7O2. The minimum absolute atomic E-state index is 0.0681. The molecule has 0 bridgehead atoms. The number of hydrogen-bond acceptors (Lipinski definition) is 6. The second-order valence-corrected chi connectivity index (χ2v) is 6.64. The van der Waals surface area contributed by atoms with Gasteiger partial charge in [0.25, 0.3) is 0 Å². The van der Waals surface area contributed by atoms with Crippen LogP contribution in [0.4, 0.5) is 30.8 Å². The van der Waals surface area contributed by atoms with Gasteiger partial charge in [0, 0.05) is 36.8 Å². The summed E-state index contributed by atoms with van der Waals surface area (Å²) in [7, 11) is 1.72. The summed E-state index contributed by atoms with van der Waals surface area (Å²) < 4.78 is 28.2. The highest BCUT2D eigenvalue weighted by Crippen LogP contribution is 2.26. The van der Waals surface area contributed by atoms with Crippen LogP contribution in [0.25, 0.3) is 11.0 Å². The van der Waals surface area contributed by atoms with E-state index in [1.807, 2.05) is 0 Å². The van der Waals surface area contributed by atoms with Crippen LogP contribution in [0.5, 0.6) is 0 Å². The number of carbonyl (C=O) groups is 2. The summed E-state index contributed by atoms with van der Waals surface area (Å²) >= 11 is 0. The van der Waals surface area contributed by atoms with Crippen LogP contribution >= 0.6 is 0 Å². The molecule has 156 valence electrons. The molecule has 3 heterocycles. The summed E-state index contributed by atoms with van der Waals surface area (Å²) in [5.41, 5.74) is 7.03. The molecule has 0 saturated heterocycles. The molecule has 0 aliphatic carbocycles. The monoisotopic (exact) mass is 423 g/mol. The Kier molecular flexibility index (Phi) is 4.99. The van der Waals surface area contributed by atoms with E-state index in [-0.39, 0.29) is 28.3 Å². The highest BCUT2D eigenvalue weighted by Gasteiger charge is 2.20. The molecule has 0 fully saturated rings. The van der Waals surface area contributed by atoms with Crippen molar-refractivity contribution in [1.82, 2.24) is 19.5 Å². The van der Waals surface area contributed by atoms with Crippen molar-refractivity contribution in [2.45, 2.75) is 0 Å². The van der Waals surface area contributed by atoms with E-state index in [9.17, 15) is 18.4 Å². The zero-order valence-corrected chi connectivity index (χ0v) is 16.1. The van der Waals surface area contributed by atoms with Gasteiger partial charge in [0.2, 0.25) is 0 Å². The molecule has 11 heteroatoms. The second kappa shape index (κ2) is 7.78. The maximum atomic E-state index is 13.3. The van der Waals surface area contributed by atoms with Crippen LogP contribution in [0.2, 0.25) is 0 Å². The fourth-order valence-corrected chi connectivity index (χ4v) is 3.11. The van der Waals surface area contributed by atoms with Gasteiger partial charge in [-0.2, -0.15) is 0 Å². The lowest BCUT2D eigenvalue weighted by Gasteiger charge is -2.09. The molecule has 0 unspecified atom stereocenters. The van der Waals surface area contributed by atoms with Gasteiger partial charge in [-0.25, -0.2) is 23.5 Å². The maximum absolute atomic E-state index is 13.3. The number of nitrogens with one attached hydrogen (secondary N) is 2. The molecule has 0 spiro atoms. The van der Waals surface area contributed by atoms with Crippen LogP contribution in [-0.2, 0) is 7.05 Å². The van der Waals surface area contributed by atoms with Crippen LogP contribution in [0.3, 0.4) is 0 Å². The van der Waals surface area contributed by atoms with Crippen LogP contribution in [0.15, 0.2) is 49.2 Å². The zero-order chi connectivity index (χ0) is 22.1. The van der Waals surface area contributed by atoms with E-state index < -0.39 is 23.4 Å².